The molecule has 1 heterocycles. The molecular formula is C10H17N3. The average Bonchev–Trinajstić information content (AvgIpc) is 2.48. The maximum atomic E-state index is 6.01. The van der Waals surface area contributed by atoms with Crippen LogP contribution in [0.5, 0.6) is 0 Å². The summed E-state index contributed by atoms with van der Waals surface area (Å²) in [6.45, 7) is 4.32. The second-order valence-corrected chi connectivity index (χ2v) is 4.08. The number of nitrogens with zero attached hydrogens (tertiary/aromatic N) is 2. The Hall–Kier alpha value is -0.830. The van der Waals surface area contributed by atoms with Crippen LogP contribution in [0, 0.1) is 0 Å². The Morgan fingerprint density at radius 3 is 3.08 bits per heavy atom. The molecule has 1 aliphatic rings. The average molecular weight is 179 g/mol. The summed E-state index contributed by atoms with van der Waals surface area (Å²) in [7, 11) is 0. The Balaban J connectivity index is 2.41. The van der Waals surface area contributed by atoms with Gasteiger partial charge in [0.05, 0.1) is 6.20 Å². The van der Waals surface area contributed by atoms with Gasteiger partial charge >= 0.3 is 0 Å². The first-order valence-electron chi connectivity index (χ1n) is 5.02. The fourth-order valence-electron chi connectivity index (χ4n) is 2.06. The van der Waals surface area contributed by atoms with E-state index in [1.165, 1.54) is 17.7 Å². The van der Waals surface area contributed by atoms with Crippen LogP contribution in [0.2, 0.25) is 0 Å². The largest absolute Gasteiger partial charge is 0.324 e. The lowest BCUT2D eigenvalue weighted by molar-refractivity contribution is 0.480. The summed E-state index contributed by atoms with van der Waals surface area (Å²) < 4.78 is 2.11. The highest BCUT2D eigenvalue weighted by Gasteiger charge is 2.21. The predicted octanol–water partition coefficient (Wildman–Crippen LogP) is 1.80. The molecule has 1 aliphatic carbocycles. The SMILES string of the molecule is CC(C)n1ncc2c1CCC[C@@H]2N. The highest BCUT2D eigenvalue weighted by atomic mass is 15.3. The molecule has 0 fully saturated rings. The van der Waals surface area contributed by atoms with E-state index >= 15 is 0 Å². The van der Waals surface area contributed by atoms with Gasteiger partial charge < -0.3 is 5.73 Å². The van der Waals surface area contributed by atoms with Crippen LogP contribution in [0.3, 0.4) is 0 Å². The third-order valence-corrected chi connectivity index (χ3v) is 2.75. The van der Waals surface area contributed by atoms with E-state index in [0.717, 1.165) is 12.8 Å². The van der Waals surface area contributed by atoms with Gasteiger partial charge in [-0.3, -0.25) is 4.68 Å². The molecule has 72 valence electrons. The summed E-state index contributed by atoms with van der Waals surface area (Å²) in [6, 6.07) is 0.672. The molecule has 0 spiro atoms. The molecule has 2 N–H and O–H groups in total. The molecule has 2 rings (SSSR count). The molecule has 0 amide bonds. The quantitative estimate of drug-likeness (QED) is 0.714. The van der Waals surface area contributed by atoms with E-state index in [4.69, 9.17) is 5.73 Å². The Morgan fingerprint density at radius 2 is 2.38 bits per heavy atom. The Morgan fingerprint density at radius 1 is 1.62 bits per heavy atom. The minimum atomic E-state index is 0.219. The van der Waals surface area contributed by atoms with Crippen molar-refractivity contribution < 1.29 is 0 Å². The highest BCUT2D eigenvalue weighted by molar-refractivity contribution is 5.24. The zero-order chi connectivity index (χ0) is 9.42. The fourth-order valence-corrected chi connectivity index (χ4v) is 2.06. The first-order chi connectivity index (χ1) is 6.20. The molecule has 0 saturated carbocycles. The molecule has 3 heteroatoms. The number of fused-ring (bicyclic) bond motifs is 1. The van der Waals surface area contributed by atoms with Crippen molar-refractivity contribution in [2.75, 3.05) is 0 Å². The molecule has 0 unspecified atom stereocenters. The number of aromatic nitrogens is 2. The van der Waals surface area contributed by atoms with Gasteiger partial charge in [0.25, 0.3) is 0 Å². The number of nitrogens with two attached hydrogens (primary N) is 1. The molecule has 1 atom stereocenters. The zero-order valence-electron chi connectivity index (χ0n) is 8.33. The lowest BCUT2D eigenvalue weighted by Crippen LogP contribution is -2.19. The molecule has 0 aromatic carbocycles. The van der Waals surface area contributed by atoms with Gasteiger partial charge in [0.2, 0.25) is 0 Å². The summed E-state index contributed by atoms with van der Waals surface area (Å²) in [5, 5.41) is 4.38. The summed E-state index contributed by atoms with van der Waals surface area (Å²) in [5.41, 5.74) is 8.63. The van der Waals surface area contributed by atoms with Crippen molar-refractivity contribution in [1.29, 1.82) is 0 Å². The smallest absolute Gasteiger partial charge is 0.0540 e. The van der Waals surface area contributed by atoms with Crippen LogP contribution in [-0.2, 0) is 6.42 Å². The predicted molar refractivity (Wildman–Crippen MR) is 52.5 cm³/mol. The minimum absolute atomic E-state index is 0.219. The molecule has 13 heavy (non-hydrogen) atoms. The molecule has 0 saturated heterocycles. The number of rotatable bonds is 1. The second kappa shape index (κ2) is 3.14. The van der Waals surface area contributed by atoms with Crippen LogP contribution >= 0.6 is 0 Å². The van der Waals surface area contributed by atoms with Crippen molar-refractivity contribution in [3.8, 4) is 0 Å². The fraction of sp³-hybridized carbons (Fsp3) is 0.700. The maximum absolute atomic E-state index is 6.01. The number of hydrogen-bond acceptors (Lipinski definition) is 2. The van der Waals surface area contributed by atoms with Crippen LogP contribution < -0.4 is 5.73 Å². The van der Waals surface area contributed by atoms with E-state index < -0.39 is 0 Å². The van der Waals surface area contributed by atoms with Crippen LogP contribution in [0.1, 0.15) is 50.0 Å². The van der Waals surface area contributed by atoms with Crippen LogP contribution in [-0.4, -0.2) is 9.78 Å². The molecule has 1 aromatic heterocycles. The van der Waals surface area contributed by atoms with E-state index in [1.807, 2.05) is 6.20 Å². The molecular weight excluding hydrogens is 162 g/mol. The van der Waals surface area contributed by atoms with Crippen molar-refractivity contribution in [3.63, 3.8) is 0 Å². The van der Waals surface area contributed by atoms with Crippen molar-refractivity contribution in [3.05, 3.63) is 17.5 Å². The highest BCUT2D eigenvalue weighted by Crippen LogP contribution is 2.28. The summed E-state index contributed by atoms with van der Waals surface area (Å²) in [4.78, 5) is 0. The zero-order valence-corrected chi connectivity index (χ0v) is 8.33. The van der Waals surface area contributed by atoms with Gasteiger partial charge in [0.15, 0.2) is 0 Å². The maximum Gasteiger partial charge on any atom is 0.0540 e. The van der Waals surface area contributed by atoms with Gasteiger partial charge in [-0.05, 0) is 33.1 Å². The van der Waals surface area contributed by atoms with Gasteiger partial charge in [0, 0.05) is 23.3 Å². The Labute approximate surface area is 78.9 Å². The molecule has 1 aromatic rings. The van der Waals surface area contributed by atoms with Gasteiger partial charge in [-0.1, -0.05) is 0 Å². The van der Waals surface area contributed by atoms with E-state index in [1.54, 1.807) is 0 Å². The summed E-state index contributed by atoms with van der Waals surface area (Å²) in [5.74, 6) is 0. The molecule has 0 bridgehead atoms. The van der Waals surface area contributed by atoms with E-state index in [2.05, 4.69) is 23.6 Å². The first-order valence-corrected chi connectivity index (χ1v) is 5.02. The summed E-state index contributed by atoms with van der Waals surface area (Å²) >= 11 is 0. The normalized spacial score (nSPS) is 22.0. The van der Waals surface area contributed by atoms with E-state index in [0.29, 0.717) is 6.04 Å². The van der Waals surface area contributed by atoms with Gasteiger partial charge in [0.1, 0.15) is 0 Å². The number of hydrogen-bond donors (Lipinski definition) is 1. The molecule has 3 nitrogen and oxygen atoms in total. The monoisotopic (exact) mass is 179 g/mol. The third kappa shape index (κ3) is 1.37. The summed E-state index contributed by atoms with van der Waals surface area (Å²) in [6.07, 6.45) is 5.39. The second-order valence-electron chi connectivity index (χ2n) is 4.08. The third-order valence-electron chi connectivity index (χ3n) is 2.75. The molecule has 0 radical (unpaired) electrons. The minimum Gasteiger partial charge on any atom is -0.324 e. The van der Waals surface area contributed by atoms with Crippen LogP contribution in [0.15, 0.2) is 6.20 Å². The van der Waals surface area contributed by atoms with Gasteiger partial charge in [-0.15, -0.1) is 0 Å². The van der Waals surface area contributed by atoms with Gasteiger partial charge in [-0.2, -0.15) is 5.10 Å². The standard InChI is InChI=1S/C10H17N3/c1-7(2)13-10-5-3-4-9(11)8(10)6-12-13/h6-7,9H,3-5,11H2,1-2H3/t9-/m0/s1. The Kier molecular flexibility index (Phi) is 2.12. The van der Waals surface area contributed by atoms with E-state index in [-0.39, 0.29) is 6.04 Å². The first kappa shape index (κ1) is 8.75. The van der Waals surface area contributed by atoms with Crippen molar-refractivity contribution >= 4 is 0 Å². The lowest BCUT2D eigenvalue weighted by Gasteiger charge is -2.20. The lowest BCUT2D eigenvalue weighted by atomic mass is 9.94. The van der Waals surface area contributed by atoms with Crippen molar-refractivity contribution in [1.82, 2.24) is 9.78 Å². The van der Waals surface area contributed by atoms with Gasteiger partial charge in [-0.25, -0.2) is 0 Å². The van der Waals surface area contributed by atoms with E-state index in [9.17, 15) is 0 Å². The Bertz CT molecular complexity index is 288. The van der Waals surface area contributed by atoms with Crippen molar-refractivity contribution in [2.24, 2.45) is 5.73 Å². The molecule has 0 aliphatic heterocycles. The topological polar surface area (TPSA) is 43.8 Å². The van der Waals surface area contributed by atoms with Crippen LogP contribution in [0.25, 0.3) is 0 Å². The van der Waals surface area contributed by atoms with Crippen LogP contribution in [0.4, 0.5) is 0 Å². The van der Waals surface area contributed by atoms with Crippen molar-refractivity contribution in [2.45, 2.75) is 45.2 Å².